The lowest BCUT2D eigenvalue weighted by atomic mass is 9.94. The first-order valence-corrected chi connectivity index (χ1v) is 5.81. The molecule has 0 bridgehead atoms. The Kier molecular flexibility index (Phi) is 2.56. The van der Waals surface area contributed by atoms with Crippen molar-refractivity contribution in [2.45, 2.75) is 64.0 Å². The van der Waals surface area contributed by atoms with Crippen LogP contribution in [0.5, 0.6) is 0 Å². The number of aliphatic hydroxyl groups is 1. The van der Waals surface area contributed by atoms with Gasteiger partial charge in [-0.2, -0.15) is 0 Å². The van der Waals surface area contributed by atoms with Gasteiger partial charge in [-0.05, 0) is 27.7 Å². The summed E-state index contributed by atoms with van der Waals surface area (Å²) >= 11 is 0. The van der Waals surface area contributed by atoms with E-state index in [9.17, 15) is 14.7 Å². The van der Waals surface area contributed by atoms with Crippen LogP contribution in [0.4, 0.5) is 0 Å². The molecule has 0 aromatic rings. The summed E-state index contributed by atoms with van der Waals surface area (Å²) in [7, 11) is 0. The second-order valence-corrected chi connectivity index (χ2v) is 5.50. The number of ketones is 2. The topological polar surface area (TPSA) is 82.1 Å². The standard InChI is InChI=1S/C12H18O6/c1-7(13)9(3)6-12(15)11(5,16-9)17-10(4,18-12)8(2)14/h15H,6H2,1-5H3/t9-,10-,11-,12-/m0/s1. The highest BCUT2D eigenvalue weighted by atomic mass is 16.9. The van der Waals surface area contributed by atoms with Gasteiger partial charge < -0.3 is 19.3 Å². The van der Waals surface area contributed by atoms with Crippen LogP contribution in [0.15, 0.2) is 0 Å². The van der Waals surface area contributed by atoms with E-state index in [4.69, 9.17) is 14.2 Å². The summed E-state index contributed by atoms with van der Waals surface area (Å²) in [6.07, 6.45) is -0.0747. The molecule has 2 rings (SSSR count). The molecule has 0 aliphatic carbocycles. The fourth-order valence-electron chi connectivity index (χ4n) is 2.45. The van der Waals surface area contributed by atoms with E-state index in [-0.39, 0.29) is 18.0 Å². The number of ether oxygens (including phenoxy) is 3. The van der Waals surface area contributed by atoms with E-state index in [1.165, 1.54) is 27.7 Å². The second-order valence-electron chi connectivity index (χ2n) is 5.50. The zero-order valence-corrected chi connectivity index (χ0v) is 11.2. The van der Waals surface area contributed by atoms with Gasteiger partial charge in [0.15, 0.2) is 11.6 Å². The summed E-state index contributed by atoms with van der Waals surface area (Å²) in [5.41, 5.74) is -1.18. The minimum atomic E-state index is -1.81. The summed E-state index contributed by atoms with van der Waals surface area (Å²) in [6, 6.07) is 0. The lowest BCUT2D eigenvalue weighted by Gasteiger charge is -2.29. The molecule has 0 spiro atoms. The molecule has 0 unspecified atom stereocenters. The molecule has 2 aliphatic heterocycles. The highest BCUT2D eigenvalue weighted by Crippen LogP contribution is 2.55. The van der Waals surface area contributed by atoms with Crippen LogP contribution in [0, 0.1) is 0 Å². The quantitative estimate of drug-likeness (QED) is 0.777. The Morgan fingerprint density at radius 2 is 1.56 bits per heavy atom. The molecule has 2 heterocycles. The zero-order valence-electron chi connectivity index (χ0n) is 11.2. The molecule has 0 aromatic heterocycles. The third-order valence-electron chi connectivity index (χ3n) is 3.84. The molecule has 2 aliphatic rings. The highest BCUT2D eigenvalue weighted by Gasteiger charge is 2.73. The third kappa shape index (κ3) is 1.56. The van der Waals surface area contributed by atoms with Gasteiger partial charge >= 0.3 is 0 Å². The van der Waals surface area contributed by atoms with E-state index in [2.05, 4.69) is 0 Å². The van der Waals surface area contributed by atoms with Crippen LogP contribution in [-0.2, 0) is 23.8 Å². The number of Topliss-reactive ketones (excluding diaryl/α,β-unsaturated/α-hetero) is 2. The molecule has 1 N–H and O–H groups in total. The Hall–Kier alpha value is -0.820. The number of hydrogen-bond acceptors (Lipinski definition) is 6. The molecular weight excluding hydrogens is 240 g/mol. The van der Waals surface area contributed by atoms with Crippen LogP contribution in [0.1, 0.15) is 41.0 Å². The predicted octanol–water partition coefficient (Wildman–Crippen LogP) is 0.511. The average Bonchev–Trinajstić information content (AvgIpc) is 2.43. The van der Waals surface area contributed by atoms with E-state index in [1.807, 2.05) is 0 Å². The van der Waals surface area contributed by atoms with Crippen LogP contribution in [0.25, 0.3) is 0 Å². The second kappa shape index (κ2) is 3.39. The third-order valence-corrected chi connectivity index (χ3v) is 3.84. The molecule has 102 valence electrons. The van der Waals surface area contributed by atoms with E-state index in [0.29, 0.717) is 0 Å². The maximum absolute atomic E-state index is 11.6. The lowest BCUT2D eigenvalue weighted by molar-refractivity contribution is -0.271. The van der Waals surface area contributed by atoms with Crippen molar-refractivity contribution in [1.82, 2.24) is 0 Å². The van der Waals surface area contributed by atoms with Crippen molar-refractivity contribution in [3.63, 3.8) is 0 Å². The van der Waals surface area contributed by atoms with Gasteiger partial charge in [-0.25, -0.2) is 0 Å². The average molecular weight is 258 g/mol. The Labute approximate surface area is 105 Å². The molecule has 0 saturated carbocycles. The highest BCUT2D eigenvalue weighted by molar-refractivity contribution is 5.86. The van der Waals surface area contributed by atoms with E-state index in [1.54, 1.807) is 6.92 Å². The van der Waals surface area contributed by atoms with Crippen LogP contribution < -0.4 is 0 Å². The van der Waals surface area contributed by atoms with Crippen LogP contribution in [-0.4, -0.2) is 39.6 Å². The number of carbonyl (C=O) groups is 2. The normalized spacial score (nSPS) is 51.2. The summed E-state index contributed by atoms with van der Waals surface area (Å²) in [6.45, 7) is 7.13. The molecule has 6 heteroatoms. The van der Waals surface area contributed by atoms with Crippen LogP contribution >= 0.6 is 0 Å². The number of rotatable bonds is 2. The van der Waals surface area contributed by atoms with Gasteiger partial charge in [0, 0.05) is 13.3 Å². The van der Waals surface area contributed by atoms with Crippen molar-refractivity contribution in [3.8, 4) is 0 Å². The molecular formula is C12H18O6. The number of carbonyl (C=O) groups excluding carboxylic acids is 2. The van der Waals surface area contributed by atoms with Gasteiger partial charge in [-0.1, -0.05) is 0 Å². The van der Waals surface area contributed by atoms with E-state index >= 15 is 0 Å². The van der Waals surface area contributed by atoms with Crippen molar-refractivity contribution in [2.75, 3.05) is 0 Å². The predicted molar refractivity (Wildman–Crippen MR) is 59.4 cm³/mol. The molecule has 2 saturated heterocycles. The maximum Gasteiger partial charge on any atom is 0.231 e. The zero-order chi connectivity index (χ0) is 14.0. The van der Waals surface area contributed by atoms with Crippen molar-refractivity contribution in [1.29, 1.82) is 0 Å². The van der Waals surface area contributed by atoms with Crippen LogP contribution in [0.3, 0.4) is 0 Å². The van der Waals surface area contributed by atoms with Gasteiger partial charge in [0.2, 0.25) is 17.4 Å². The summed E-state index contributed by atoms with van der Waals surface area (Å²) in [5, 5.41) is 10.5. The monoisotopic (exact) mass is 258 g/mol. The van der Waals surface area contributed by atoms with Gasteiger partial charge in [-0.3, -0.25) is 9.59 Å². The molecule has 2 fully saturated rings. The maximum atomic E-state index is 11.6. The molecule has 0 amide bonds. The Balaban J connectivity index is 2.37. The first-order chi connectivity index (χ1) is 7.97. The molecule has 0 radical (unpaired) electrons. The van der Waals surface area contributed by atoms with Crippen molar-refractivity contribution >= 4 is 11.6 Å². The van der Waals surface area contributed by atoms with Crippen molar-refractivity contribution in [2.24, 2.45) is 0 Å². The summed E-state index contributed by atoms with van der Waals surface area (Å²) < 4.78 is 16.4. The summed E-state index contributed by atoms with van der Waals surface area (Å²) in [5.74, 6) is -5.51. The number of fused-ring (bicyclic) bond motifs is 1. The van der Waals surface area contributed by atoms with E-state index in [0.717, 1.165) is 0 Å². The SMILES string of the molecule is CC(=O)[C@@]1(C)O[C@]2(C)O[C@](C)(C(C)=O)C[C@]2(O)O1. The Morgan fingerprint density at radius 1 is 1.00 bits per heavy atom. The van der Waals surface area contributed by atoms with E-state index < -0.39 is 23.0 Å². The number of hydrogen-bond donors (Lipinski definition) is 1. The molecule has 18 heavy (non-hydrogen) atoms. The largest absolute Gasteiger partial charge is 0.361 e. The minimum Gasteiger partial charge on any atom is -0.361 e. The van der Waals surface area contributed by atoms with Crippen molar-refractivity contribution in [3.05, 3.63) is 0 Å². The summed E-state index contributed by atoms with van der Waals surface area (Å²) in [4.78, 5) is 23.1. The molecule has 0 aromatic carbocycles. The Morgan fingerprint density at radius 3 is 1.94 bits per heavy atom. The van der Waals surface area contributed by atoms with Gasteiger partial charge in [0.05, 0.1) is 0 Å². The lowest BCUT2D eigenvalue weighted by Crippen LogP contribution is -2.45. The Bertz CT molecular complexity index is 374. The van der Waals surface area contributed by atoms with Crippen LogP contribution in [0.2, 0.25) is 0 Å². The molecule has 6 nitrogen and oxygen atoms in total. The fourth-order valence-corrected chi connectivity index (χ4v) is 2.45. The minimum absolute atomic E-state index is 0.0747. The smallest absolute Gasteiger partial charge is 0.231 e. The molecule has 4 atom stereocenters. The first kappa shape index (κ1) is 13.6. The van der Waals surface area contributed by atoms with Crippen molar-refractivity contribution < 1.29 is 28.9 Å². The first-order valence-electron chi connectivity index (χ1n) is 5.81. The van der Waals surface area contributed by atoms with Gasteiger partial charge in [-0.15, -0.1) is 0 Å². The fraction of sp³-hybridized carbons (Fsp3) is 0.833. The van der Waals surface area contributed by atoms with Gasteiger partial charge in [0.1, 0.15) is 5.60 Å². The van der Waals surface area contributed by atoms with Gasteiger partial charge in [0.25, 0.3) is 0 Å².